The summed E-state index contributed by atoms with van der Waals surface area (Å²) in [4.78, 5) is 12.1. The van der Waals surface area contributed by atoms with Crippen LogP contribution in [0, 0.1) is 6.92 Å². The van der Waals surface area contributed by atoms with Crippen molar-refractivity contribution < 1.29 is 28.1 Å². The molecule has 1 aromatic carbocycles. The Balaban J connectivity index is 0. The molecule has 0 amide bonds. The SMILES string of the molecule is C[C@H](O[Si](C)(C)C(C)(C)C)C(=O)/C=C/c1ccccc1.[CH2-]CCC.[Li+]. The van der Waals surface area contributed by atoms with E-state index in [4.69, 9.17) is 4.43 Å². The number of hydrogen-bond donors (Lipinski definition) is 0. The van der Waals surface area contributed by atoms with Crippen molar-refractivity contribution in [1.29, 1.82) is 0 Å². The Morgan fingerprint density at radius 3 is 2.12 bits per heavy atom. The number of benzene rings is 1. The van der Waals surface area contributed by atoms with Gasteiger partial charge in [-0.15, -0.1) is 0 Å². The van der Waals surface area contributed by atoms with Gasteiger partial charge in [0, 0.05) is 0 Å². The Bertz CT molecular complexity index is 502. The van der Waals surface area contributed by atoms with Crippen LogP contribution in [0.5, 0.6) is 0 Å². The average molecular weight is 355 g/mol. The summed E-state index contributed by atoms with van der Waals surface area (Å²) in [5.41, 5.74) is 1.03. The van der Waals surface area contributed by atoms with E-state index in [2.05, 4.69) is 47.7 Å². The Hall–Kier alpha value is -0.596. The molecule has 136 valence electrons. The molecule has 0 fully saturated rings. The third kappa shape index (κ3) is 10.9. The number of carbonyl (C=O) groups is 1. The predicted octanol–water partition coefficient (Wildman–Crippen LogP) is 3.30. The van der Waals surface area contributed by atoms with Crippen molar-refractivity contribution in [2.75, 3.05) is 0 Å². The molecule has 0 unspecified atom stereocenters. The average Bonchev–Trinajstić information content (AvgIpc) is 2.52. The monoisotopic (exact) mass is 354 g/mol. The topological polar surface area (TPSA) is 26.3 Å². The van der Waals surface area contributed by atoms with Crippen molar-refractivity contribution in [2.24, 2.45) is 0 Å². The van der Waals surface area contributed by atoms with Crippen molar-refractivity contribution in [3.05, 3.63) is 48.9 Å². The summed E-state index contributed by atoms with van der Waals surface area (Å²) >= 11 is 0. The molecular formula is C21H35LiO2Si. The second-order valence-corrected chi connectivity index (χ2v) is 12.3. The van der Waals surface area contributed by atoms with Crippen LogP contribution in [0.3, 0.4) is 0 Å². The van der Waals surface area contributed by atoms with E-state index in [1.807, 2.05) is 43.3 Å². The molecule has 0 spiro atoms. The Kier molecular flexibility index (Phi) is 13.5. The van der Waals surface area contributed by atoms with Crippen LogP contribution in [-0.2, 0) is 9.22 Å². The molecule has 1 atom stereocenters. The van der Waals surface area contributed by atoms with E-state index in [1.165, 1.54) is 6.42 Å². The summed E-state index contributed by atoms with van der Waals surface area (Å²) in [5, 5.41) is 0.116. The number of unbranched alkanes of at least 4 members (excludes halogenated alkanes) is 1. The molecule has 25 heavy (non-hydrogen) atoms. The summed E-state index contributed by atoms with van der Waals surface area (Å²) in [5.74, 6) is 0.0266. The molecule has 0 saturated heterocycles. The molecule has 2 nitrogen and oxygen atoms in total. The van der Waals surface area contributed by atoms with E-state index in [0.29, 0.717) is 0 Å². The minimum absolute atomic E-state index is 0. The fourth-order valence-electron chi connectivity index (χ4n) is 1.55. The first-order chi connectivity index (χ1) is 11.0. The van der Waals surface area contributed by atoms with E-state index < -0.39 is 8.32 Å². The summed E-state index contributed by atoms with van der Waals surface area (Å²) in [6.07, 6.45) is 5.36. The zero-order valence-electron chi connectivity index (χ0n) is 17.6. The minimum atomic E-state index is -1.89. The molecule has 0 bridgehead atoms. The summed E-state index contributed by atoms with van der Waals surface area (Å²) in [7, 11) is -1.89. The van der Waals surface area contributed by atoms with Gasteiger partial charge in [0.25, 0.3) is 0 Å². The maximum atomic E-state index is 12.1. The molecule has 0 heterocycles. The third-order valence-corrected chi connectivity index (χ3v) is 8.83. The van der Waals surface area contributed by atoms with Gasteiger partial charge in [-0.1, -0.05) is 70.5 Å². The summed E-state index contributed by atoms with van der Waals surface area (Å²) < 4.78 is 6.09. The van der Waals surface area contributed by atoms with Gasteiger partial charge < -0.3 is 11.3 Å². The van der Waals surface area contributed by atoms with Gasteiger partial charge in [-0.25, -0.2) is 0 Å². The zero-order chi connectivity index (χ0) is 18.8. The summed E-state index contributed by atoms with van der Waals surface area (Å²) in [6, 6.07) is 9.83. The second-order valence-electron chi connectivity index (χ2n) is 7.52. The number of hydrogen-bond acceptors (Lipinski definition) is 2. The van der Waals surface area contributed by atoms with Gasteiger partial charge in [-0.2, -0.15) is 6.42 Å². The molecule has 1 rings (SSSR count). The van der Waals surface area contributed by atoms with Crippen LogP contribution in [0.4, 0.5) is 0 Å². The Labute approximate surface area is 168 Å². The van der Waals surface area contributed by atoms with E-state index >= 15 is 0 Å². The maximum Gasteiger partial charge on any atom is 1.00 e. The van der Waals surface area contributed by atoms with Gasteiger partial charge in [0.15, 0.2) is 14.1 Å². The van der Waals surface area contributed by atoms with Gasteiger partial charge in [-0.3, -0.25) is 4.79 Å². The van der Waals surface area contributed by atoms with Crippen LogP contribution in [0.1, 0.15) is 53.0 Å². The van der Waals surface area contributed by atoms with Crippen LogP contribution in [-0.4, -0.2) is 20.2 Å². The standard InChI is InChI=1S/C17H26O2Si.C4H9.Li/c1-14(19-20(5,6)17(2,3)4)16(18)13-12-15-10-8-7-9-11-15;1-3-4-2;/h7-14H,1-6H3;1,3-4H2,2H3;/q;-1;+1/b13-12+;;/t14-;;/m0../s1. The molecule has 0 aliphatic rings. The van der Waals surface area contributed by atoms with Gasteiger partial charge in [0.2, 0.25) is 0 Å². The van der Waals surface area contributed by atoms with Gasteiger partial charge in [0.1, 0.15) is 6.10 Å². The molecule has 0 N–H and O–H groups in total. The normalized spacial score (nSPS) is 12.8. The van der Waals surface area contributed by atoms with Crippen molar-refractivity contribution in [3.63, 3.8) is 0 Å². The van der Waals surface area contributed by atoms with Crippen molar-refractivity contribution in [3.8, 4) is 0 Å². The van der Waals surface area contributed by atoms with Crippen molar-refractivity contribution in [1.82, 2.24) is 0 Å². The minimum Gasteiger partial charge on any atom is -0.407 e. The van der Waals surface area contributed by atoms with E-state index in [0.717, 1.165) is 12.0 Å². The molecule has 1 aromatic rings. The fraction of sp³-hybridized carbons (Fsp3) is 0.524. The predicted molar refractivity (Wildman–Crippen MR) is 108 cm³/mol. The first kappa shape index (κ1) is 26.6. The molecule has 0 saturated carbocycles. The van der Waals surface area contributed by atoms with Gasteiger partial charge >= 0.3 is 18.9 Å². The third-order valence-electron chi connectivity index (χ3n) is 4.27. The second kappa shape index (κ2) is 12.7. The first-order valence-electron chi connectivity index (χ1n) is 8.79. The largest absolute Gasteiger partial charge is 1.00 e. The Morgan fingerprint density at radius 1 is 1.24 bits per heavy atom. The number of ketones is 1. The first-order valence-corrected chi connectivity index (χ1v) is 11.7. The summed E-state index contributed by atoms with van der Waals surface area (Å²) in [6.45, 7) is 18.4. The number of rotatable bonds is 6. The van der Waals surface area contributed by atoms with Gasteiger partial charge in [-0.05, 0) is 36.7 Å². The smallest absolute Gasteiger partial charge is 0.407 e. The molecule has 0 radical (unpaired) electrons. The molecule has 0 aromatic heterocycles. The molecule has 0 aliphatic heterocycles. The van der Waals surface area contributed by atoms with E-state index in [9.17, 15) is 4.79 Å². The molecule has 0 aliphatic carbocycles. The number of carbonyl (C=O) groups excluding carboxylic acids is 1. The molecule has 4 heteroatoms. The maximum absolute atomic E-state index is 12.1. The van der Waals surface area contributed by atoms with E-state index in [1.54, 1.807) is 6.08 Å². The van der Waals surface area contributed by atoms with E-state index in [-0.39, 0.29) is 35.8 Å². The quantitative estimate of drug-likeness (QED) is 0.445. The van der Waals surface area contributed by atoms with Crippen LogP contribution in [0.2, 0.25) is 18.1 Å². The molecular weight excluding hydrogens is 319 g/mol. The van der Waals surface area contributed by atoms with Crippen molar-refractivity contribution in [2.45, 2.75) is 71.7 Å². The van der Waals surface area contributed by atoms with Crippen LogP contribution in [0.15, 0.2) is 36.4 Å². The van der Waals surface area contributed by atoms with Crippen LogP contribution in [0.25, 0.3) is 6.08 Å². The fourth-order valence-corrected chi connectivity index (χ4v) is 2.91. The van der Waals surface area contributed by atoms with Gasteiger partial charge in [0.05, 0.1) is 0 Å². The van der Waals surface area contributed by atoms with Crippen LogP contribution >= 0.6 is 0 Å². The zero-order valence-corrected chi connectivity index (χ0v) is 18.6. The van der Waals surface area contributed by atoms with Crippen LogP contribution < -0.4 is 18.9 Å². The Morgan fingerprint density at radius 2 is 1.72 bits per heavy atom. The van der Waals surface area contributed by atoms with Crippen molar-refractivity contribution >= 4 is 20.2 Å².